The molecule has 0 nitrogen and oxygen atoms in total. The van der Waals surface area contributed by atoms with Crippen molar-refractivity contribution < 1.29 is 0 Å². The lowest BCUT2D eigenvalue weighted by molar-refractivity contribution is 1.30. The normalized spacial score (nSPS) is 10.6. The Morgan fingerprint density at radius 3 is 2.00 bits per heavy atom. The first-order valence-electron chi connectivity index (χ1n) is 7.22. The van der Waals surface area contributed by atoms with Crippen LogP contribution in [-0.4, -0.2) is 0 Å². The molecule has 0 amide bonds. The zero-order chi connectivity index (χ0) is 15.4. The van der Waals surface area contributed by atoms with Crippen LogP contribution in [-0.2, 0) is 10.7 Å². The molecule has 0 bridgehead atoms. The fourth-order valence-corrected chi connectivity index (χ4v) is 3.87. The van der Waals surface area contributed by atoms with Gasteiger partial charge in [0, 0.05) is 10.7 Å². The molecule has 110 valence electrons. The highest BCUT2D eigenvalue weighted by molar-refractivity contribution is 9.09. The SMILES string of the molecule is BrCc1cccc(-c2cccc(-c3ccccc3)c2)c1CBr. The Hall–Kier alpha value is -1.38. The summed E-state index contributed by atoms with van der Waals surface area (Å²) in [5.41, 5.74) is 7.75. The van der Waals surface area contributed by atoms with Gasteiger partial charge in [0.15, 0.2) is 0 Å². The van der Waals surface area contributed by atoms with E-state index in [1.165, 1.54) is 33.4 Å². The fraction of sp³-hybridized carbons (Fsp3) is 0.100. The van der Waals surface area contributed by atoms with Crippen LogP contribution in [0.1, 0.15) is 11.1 Å². The molecule has 0 aliphatic rings. The predicted molar refractivity (Wildman–Crippen MR) is 103 cm³/mol. The van der Waals surface area contributed by atoms with E-state index in [4.69, 9.17) is 0 Å². The van der Waals surface area contributed by atoms with Crippen LogP contribution in [0.4, 0.5) is 0 Å². The lowest BCUT2D eigenvalue weighted by Crippen LogP contribution is -1.93. The van der Waals surface area contributed by atoms with Crippen molar-refractivity contribution >= 4 is 31.9 Å². The summed E-state index contributed by atoms with van der Waals surface area (Å²) in [6, 6.07) is 25.8. The molecule has 0 heterocycles. The van der Waals surface area contributed by atoms with E-state index in [0.29, 0.717) is 0 Å². The van der Waals surface area contributed by atoms with Gasteiger partial charge in [-0.2, -0.15) is 0 Å². The van der Waals surface area contributed by atoms with E-state index in [0.717, 1.165) is 10.7 Å². The van der Waals surface area contributed by atoms with Crippen molar-refractivity contribution in [3.63, 3.8) is 0 Å². The van der Waals surface area contributed by atoms with Gasteiger partial charge in [0.05, 0.1) is 0 Å². The second-order valence-corrected chi connectivity index (χ2v) is 6.28. The molecule has 0 aliphatic heterocycles. The molecule has 0 aliphatic carbocycles. The second kappa shape index (κ2) is 7.26. The van der Waals surface area contributed by atoms with E-state index >= 15 is 0 Å². The number of benzene rings is 3. The molecule has 0 saturated heterocycles. The van der Waals surface area contributed by atoms with E-state index in [-0.39, 0.29) is 0 Å². The standard InChI is InChI=1S/C20H16Br2/c21-13-18-10-5-11-19(20(18)14-22)17-9-4-8-16(12-17)15-6-2-1-3-7-15/h1-12H,13-14H2. The molecule has 0 N–H and O–H groups in total. The summed E-state index contributed by atoms with van der Waals surface area (Å²) in [6.07, 6.45) is 0. The second-order valence-electron chi connectivity index (χ2n) is 5.16. The summed E-state index contributed by atoms with van der Waals surface area (Å²) in [5, 5.41) is 1.74. The lowest BCUT2D eigenvalue weighted by atomic mass is 9.94. The Kier molecular flexibility index (Phi) is 5.12. The van der Waals surface area contributed by atoms with Crippen LogP contribution < -0.4 is 0 Å². The molecule has 0 saturated carbocycles. The van der Waals surface area contributed by atoms with Crippen molar-refractivity contribution in [3.8, 4) is 22.3 Å². The van der Waals surface area contributed by atoms with Crippen molar-refractivity contribution in [3.05, 3.63) is 83.9 Å². The Morgan fingerprint density at radius 1 is 0.591 bits per heavy atom. The van der Waals surface area contributed by atoms with Crippen LogP contribution in [0.5, 0.6) is 0 Å². The zero-order valence-corrected chi connectivity index (χ0v) is 15.3. The van der Waals surface area contributed by atoms with Crippen molar-refractivity contribution in [2.45, 2.75) is 10.7 Å². The molecule has 0 atom stereocenters. The summed E-state index contributed by atoms with van der Waals surface area (Å²) in [5.74, 6) is 0. The number of alkyl halides is 2. The summed E-state index contributed by atoms with van der Waals surface area (Å²) >= 11 is 7.23. The van der Waals surface area contributed by atoms with Gasteiger partial charge >= 0.3 is 0 Å². The highest BCUT2D eigenvalue weighted by Gasteiger charge is 2.09. The molecule has 0 fully saturated rings. The Balaban J connectivity index is 2.10. The van der Waals surface area contributed by atoms with Gasteiger partial charge in [-0.25, -0.2) is 0 Å². The van der Waals surface area contributed by atoms with E-state index < -0.39 is 0 Å². The molecule has 3 rings (SSSR count). The van der Waals surface area contributed by atoms with Crippen molar-refractivity contribution in [2.75, 3.05) is 0 Å². The van der Waals surface area contributed by atoms with Gasteiger partial charge < -0.3 is 0 Å². The van der Waals surface area contributed by atoms with Gasteiger partial charge in [-0.05, 0) is 39.4 Å². The molecule has 0 spiro atoms. The molecule has 3 aromatic carbocycles. The third-order valence-electron chi connectivity index (χ3n) is 3.83. The molecule has 3 aromatic rings. The molecule has 0 unspecified atom stereocenters. The van der Waals surface area contributed by atoms with Crippen LogP contribution in [0.15, 0.2) is 72.8 Å². The van der Waals surface area contributed by atoms with Crippen LogP contribution in [0.25, 0.3) is 22.3 Å². The Morgan fingerprint density at radius 2 is 1.27 bits per heavy atom. The van der Waals surface area contributed by atoms with E-state index in [1.54, 1.807) is 0 Å². The van der Waals surface area contributed by atoms with E-state index in [2.05, 4.69) is 105 Å². The van der Waals surface area contributed by atoms with Gasteiger partial charge in [-0.1, -0.05) is 98.6 Å². The Bertz CT molecular complexity index is 764. The Labute approximate surface area is 148 Å². The molecule has 2 heteroatoms. The van der Waals surface area contributed by atoms with Crippen molar-refractivity contribution in [2.24, 2.45) is 0 Å². The first-order valence-corrected chi connectivity index (χ1v) is 9.46. The number of rotatable bonds is 4. The van der Waals surface area contributed by atoms with Crippen LogP contribution >= 0.6 is 31.9 Å². The highest BCUT2D eigenvalue weighted by Crippen LogP contribution is 2.32. The van der Waals surface area contributed by atoms with E-state index in [1.807, 2.05) is 0 Å². The van der Waals surface area contributed by atoms with Gasteiger partial charge in [-0.15, -0.1) is 0 Å². The molecule has 0 radical (unpaired) electrons. The predicted octanol–water partition coefficient (Wildman–Crippen LogP) is 6.81. The monoisotopic (exact) mass is 414 g/mol. The van der Waals surface area contributed by atoms with Crippen LogP contribution in [0.2, 0.25) is 0 Å². The zero-order valence-electron chi connectivity index (χ0n) is 12.1. The largest absolute Gasteiger partial charge is 0.0876 e. The number of hydrogen-bond acceptors (Lipinski definition) is 0. The fourth-order valence-electron chi connectivity index (χ4n) is 2.69. The smallest absolute Gasteiger partial charge is 0.0292 e. The number of halogens is 2. The van der Waals surface area contributed by atoms with Crippen molar-refractivity contribution in [1.29, 1.82) is 0 Å². The van der Waals surface area contributed by atoms with Crippen LogP contribution in [0, 0.1) is 0 Å². The quantitative estimate of drug-likeness (QED) is 0.410. The summed E-state index contributed by atoms with van der Waals surface area (Å²) in [4.78, 5) is 0. The summed E-state index contributed by atoms with van der Waals surface area (Å²) in [7, 11) is 0. The van der Waals surface area contributed by atoms with Crippen LogP contribution in [0.3, 0.4) is 0 Å². The summed E-state index contributed by atoms with van der Waals surface area (Å²) < 4.78 is 0. The van der Waals surface area contributed by atoms with Gasteiger partial charge in [0.1, 0.15) is 0 Å². The maximum absolute atomic E-state index is 3.64. The molecular formula is C20H16Br2. The topological polar surface area (TPSA) is 0 Å². The number of hydrogen-bond donors (Lipinski definition) is 0. The average Bonchev–Trinajstić information content (AvgIpc) is 2.61. The molecular weight excluding hydrogens is 400 g/mol. The third-order valence-corrected chi connectivity index (χ3v) is 5.00. The van der Waals surface area contributed by atoms with Gasteiger partial charge in [-0.3, -0.25) is 0 Å². The first kappa shape index (κ1) is 15.5. The molecule has 22 heavy (non-hydrogen) atoms. The third kappa shape index (κ3) is 3.18. The van der Waals surface area contributed by atoms with Crippen molar-refractivity contribution in [1.82, 2.24) is 0 Å². The highest BCUT2D eigenvalue weighted by atomic mass is 79.9. The maximum Gasteiger partial charge on any atom is 0.0292 e. The minimum atomic E-state index is 0.861. The summed E-state index contributed by atoms with van der Waals surface area (Å²) in [6.45, 7) is 0. The first-order chi connectivity index (χ1) is 10.8. The minimum absolute atomic E-state index is 0.861. The molecule has 0 aromatic heterocycles. The average molecular weight is 416 g/mol. The minimum Gasteiger partial charge on any atom is -0.0876 e. The lowest BCUT2D eigenvalue weighted by Gasteiger charge is -2.13. The maximum atomic E-state index is 3.64. The van der Waals surface area contributed by atoms with Gasteiger partial charge in [0.25, 0.3) is 0 Å². The van der Waals surface area contributed by atoms with Gasteiger partial charge in [0.2, 0.25) is 0 Å². The van der Waals surface area contributed by atoms with E-state index in [9.17, 15) is 0 Å².